The van der Waals surface area contributed by atoms with E-state index in [1.165, 1.54) is 5.56 Å². The van der Waals surface area contributed by atoms with Gasteiger partial charge >= 0.3 is 0 Å². The maximum absolute atomic E-state index is 4.44. The zero-order chi connectivity index (χ0) is 18.4. The van der Waals surface area contributed by atoms with Gasteiger partial charge in [-0.05, 0) is 39.4 Å². The van der Waals surface area contributed by atoms with Gasteiger partial charge in [0.1, 0.15) is 0 Å². The number of rotatable bonds is 6. The van der Waals surface area contributed by atoms with Gasteiger partial charge in [-0.2, -0.15) is 0 Å². The van der Waals surface area contributed by atoms with Gasteiger partial charge in [-0.3, -0.25) is 9.89 Å². The molecular formula is C20H35N5. The largest absolute Gasteiger partial charge is 0.354 e. The number of aliphatic imine (C=N–C) groups is 1. The first-order chi connectivity index (χ1) is 11.9. The second-order valence-electron chi connectivity index (χ2n) is 7.62. The van der Waals surface area contributed by atoms with E-state index >= 15 is 0 Å². The molecule has 1 aliphatic rings. The minimum absolute atomic E-state index is 0.313. The van der Waals surface area contributed by atoms with Crippen molar-refractivity contribution >= 4 is 5.96 Å². The number of nitrogens with zero attached hydrogens (tertiary/aromatic N) is 3. The van der Waals surface area contributed by atoms with Crippen molar-refractivity contribution in [2.75, 3.05) is 40.8 Å². The summed E-state index contributed by atoms with van der Waals surface area (Å²) in [4.78, 5) is 9.21. The van der Waals surface area contributed by atoms with Gasteiger partial charge in [0, 0.05) is 38.8 Å². The summed E-state index contributed by atoms with van der Waals surface area (Å²) in [5.41, 5.74) is 1.32. The zero-order valence-electron chi connectivity index (χ0n) is 16.7. The van der Waals surface area contributed by atoms with Gasteiger partial charge < -0.3 is 15.5 Å². The third-order valence-corrected chi connectivity index (χ3v) is 5.19. The smallest absolute Gasteiger partial charge is 0.191 e. The van der Waals surface area contributed by atoms with Crippen LogP contribution in [0.1, 0.15) is 32.4 Å². The maximum Gasteiger partial charge on any atom is 0.191 e. The molecule has 0 aliphatic carbocycles. The lowest BCUT2D eigenvalue weighted by atomic mass is 10.1. The van der Waals surface area contributed by atoms with E-state index in [1.54, 1.807) is 0 Å². The summed E-state index contributed by atoms with van der Waals surface area (Å²) in [7, 11) is 6.09. The van der Waals surface area contributed by atoms with Crippen LogP contribution >= 0.6 is 0 Å². The lowest BCUT2D eigenvalue weighted by molar-refractivity contribution is 0.265. The lowest BCUT2D eigenvalue weighted by Gasteiger charge is -2.27. The number of guanidine groups is 1. The highest BCUT2D eigenvalue weighted by atomic mass is 15.3. The van der Waals surface area contributed by atoms with Crippen molar-refractivity contribution < 1.29 is 0 Å². The fraction of sp³-hybridized carbons (Fsp3) is 0.650. The highest BCUT2D eigenvalue weighted by Crippen LogP contribution is 2.19. The van der Waals surface area contributed by atoms with Crippen LogP contribution in [0.25, 0.3) is 0 Å². The first-order valence-corrected chi connectivity index (χ1v) is 9.35. The number of nitrogens with one attached hydrogen (secondary N) is 2. The summed E-state index contributed by atoms with van der Waals surface area (Å²) >= 11 is 0. The molecule has 0 bridgehead atoms. The molecule has 1 aromatic rings. The van der Waals surface area contributed by atoms with Crippen molar-refractivity contribution in [1.29, 1.82) is 0 Å². The SMILES string of the molecule is CN=C(NCC(c1ccccc1)N(C)C)NC1CN(C(C)C)CC1C. The third kappa shape index (κ3) is 5.44. The van der Waals surface area contributed by atoms with Crippen molar-refractivity contribution in [3.05, 3.63) is 35.9 Å². The fourth-order valence-electron chi connectivity index (χ4n) is 3.45. The minimum atomic E-state index is 0.313. The molecule has 0 saturated carbocycles. The number of benzene rings is 1. The van der Waals surface area contributed by atoms with E-state index in [1.807, 2.05) is 7.05 Å². The van der Waals surface area contributed by atoms with E-state index in [2.05, 4.69) is 90.6 Å². The second kappa shape index (κ2) is 9.20. The highest BCUT2D eigenvalue weighted by Gasteiger charge is 2.31. The summed E-state index contributed by atoms with van der Waals surface area (Å²) in [5, 5.41) is 7.14. The van der Waals surface area contributed by atoms with Crippen molar-refractivity contribution in [1.82, 2.24) is 20.4 Å². The average Bonchev–Trinajstić information content (AvgIpc) is 2.95. The Bertz CT molecular complexity index is 540. The quantitative estimate of drug-likeness (QED) is 0.613. The Labute approximate surface area is 153 Å². The Kier molecular flexibility index (Phi) is 7.26. The topological polar surface area (TPSA) is 42.9 Å². The summed E-state index contributed by atoms with van der Waals surface area (Å²) in [5.74, 6) is 1.52. The van der Waals surface area contributed by atoms with E-state index < -0.39 is 0 Å². The summed E-state index contributed by atoms with van der Waals surface area (Å²) in [6.07, 6.45) is 0. The predicted octanol–water partition coefficient (Wildman–Crippen LogP) is 2.18. The molecule has 1 aromatic carbocycles. The third-order valence-electron chi connectivity index (χ3n) is 5.19. The Hall–Kier alpha value is -1.59. The average molecular weight is 346 g/mol. The molecule has 3 unspecified atom stereocenters. The minimum Gasteiger partial charge on any atom is -0.354 e. The van der Waals surface area contributed by atoms with Gasteiger partial charge in [0.15, 0.2) is 5.96 Å². The molecule has 1 heterocycles. The second-order valence-corrected chi connectivity index (χ2v) is 7.62. The molecule has 2 N–H and O–H groups in total. The summed E-state index contributed by atoms with van der Waals surface area (Å²) < 4.78 is 0. The number of hydrogen-bond donors (Lipinski definition) is 2. The number of likely N-dealkylation sites (N-methyl/N-ethyl adjacent to an activating group) is 1. The molecule has 0 aromatic heterocycles. The fourth-order valence-corrected chi connectivity index (χ4v) is 3.45. The number of hydrogen-bond acceptors (Lipinski definition) is 3. The normalized spacial score (nSPS) is 23.3. The van der Waals surface area contributed by atoms with E-state index in [4.69, 9.17) is 0 Å². The molecule has 3 atom stereocenters. The molecule has 5 heteroatoms. The molecule has 25 heavy (non-hydrogen) atoms. The van der Waals surface area contributed by atoms with E-state index in [9.17, 15) is 0 Å². The van der Waals surface area contributed by atoms with E-state index in [-0.39, 0.29) is 0 Å². The summed E-state index contributed by atoms with van der Waals surface area (Å²) in [6, 6.07) is 12.0. The van der Waals surface area contributed by atoms with Crippen molar-refractivity contribution in [2.45, 2.75) is 38.9 Å². The predicted molar refractivity (Wildman–Crippen MR) is 107 cm³/mol. The molecular weight excluding hydrogens is 310 g/mol. The molecule has 1 fully saturated rings. The Morgan fingerprint density at radius 1 is 1.24 bits per heavy atom. The van der Waals surface area contributed by atoms with Crippen LogP contribution in [0.15, 0.2) is 35.3 Å². The van der Waals surface area contributed by atoms with Crippen LogP contribution in [-0.4, -0.2) is 68.6 Å². The Balaban J connectivity index is 1.93. The van der Waals surface area contributed by atoms with Gasteiger partial charge in [-0.25, -0.2) is 0 Å². The highest BCUT2D eigenvalue weighted by molar-refractivity contribution is 5.80. The van der Waals surface area contributed by atoms with Gasteiger partial charge in [0.2, 0.25) is 0 Å². The molecule has 0 radical (unpaired) electrons. The van der Waals surface area contributed by atoms with Crippen molar-refractivity contribution in [3.8, 4) is 0 Å². The van der Waals surface area contributed by atoms with Crippen LogP contribution in [0.3, 0.4) is 0 Å². The first kappa shape index (κ1) is 19.7. The van der Waals surface area contributed by atoms with Crippen molar-refractivity contribution in [2.24, 2.45) is 10.9 Å². The van der Waals surface area contributed by atoms with Crippen LogP contribution < -0.4 is 10.6 Å². The first-order valence-electron chi connectivity index (χ1n) is 9.35. The number of likely N-dealkylation sites (tertiary alicyclic amines) is 1. The van der Waals surface area contributed by atoms with Gasteiger partial charge in [-0.15, -0.1) is 0 Å². The molecule has 5 nitrogen and oxygen atoms in total. The van der Waals surface area contributed by atoms with Crippen LogP contribution in [0.4, 0.5) is 0 Å². The van der Waals surface area contributed by atoms with E-state index in [0.29, 0.717) is 24.0 Å². The Morgan fingerprint density at radius 2 is 1.92 bits per heavy atom. The van der Waals surface area contributed by atoms with Gasteiger partial charge in [0.25, 0.3) is 0 Å². The Morgan fingerprint density at radius 3 is 2.44 bits per heavy atom. The monoisotopic (exact) mass is 345 g/mol. The molecule has 0 spiro atoms. The zero-order valence-corrected chi connectivity index (χ0v) is 16.7. The van der Waals surface area contributed by atoms with Gasteiger partial charge in [-0.1, -0.05) is 37.3 Å². The molecule has 0 amide bonds. The molecule has 1 aliphatic heterocycles. The van der Waals surface area contributed by atoms with Crippen LogP contribution in [0, 0.1) is 5.92 Å². The standard InChI is InChI=1S/C20H35N5/c1-15(2)25-13-16(3)18(14-25)23-20(21-4)22-12-19(24(5)6)17-10-8-7-9-11-17/h7-11,15-16,18-19H,12-14H2,1-6H3,(H2,21,22,23). The molecule has 2 rings (SSSR count). The van der Waals surface area contributed by atoms with Crippen LogP contribution in [0.2, 0.25) is 0 Å². The summed E-state index contributed by atoms with van der Waals surface area (Å²) in [6.45, 7) is 9.91. The van der Waals surface area contributed by atoms with Crippen LogP contribution in [0.5, 0.6) is 0 Å². The maximum atomic E-state index is 4.44. The van der Waals surface area contributed by atoms with Crippen LogP contribution in [-0.2, 0) is 0 Å². The van der Waals surface area contributed by atoms with Gasteiger partial charge in [0.05, 0.1) is 6.04 Å². The lowest BCUT2D eigenvalue weighted by Crippen LogP contribution is -2.48. The molecule has 1 saturated heterocycles. The van der Waals surface area contributed by atoms with Crippen molar-refractivity contribution in [3.63, 3.8) is 0 Å². The molecule has 140 valence electrons. The van der Waals surface area contributed by atoms with E-state index in [0.717, 1.165) is 25.6 Å².